The molecule has 0 aromatic carbocycles. The van der Waals surface area contributed by atoms with E-state index in [4.69, 9.17) is 10.2 Å². The molecule has 0 rings (SSSR count). The monoisotopic (exact) mass is 239 g/mol. The fourth-order valence-electron chi connectivity index (χ4n) is 1.18. The highest BCUT2D eigenvalue weighted by Gasteiger charge is 2.31. The summed E-state index contributed by atoms with van der Waals surface area (Å²) < 4.78 is 24.9. The van der Waals surface area contributed by atoms with Gasteiger partial charge in [-0.25, -0.2) is 13.1 Å². The highest BCUT2D eigenvalue weighted by atomic mass is 32.2. The van der Waals surface area contributed by atoms with Crippen LogP contribution in [0.1, 0.15) is 26.7 Å². The maximum atomic E-state index is 11.3. The maximum absolute atomic E-state index is 11.3. The molecule has 0 atom stereocenters. The van der Waals surface area contributed by atoms with Crippen LogP contribution in [-0.4, -0.2) is 42.5 Å². The summed E-state index contributed by atoms with van der Waals surface area (Å²) in [5.41, 5.74) is -0.950. The largest absolute Gasteiger partial charge is 0.480 e. The zero-order valence-electron chi connectivity index (χ0n) is 8.86. The molecule has 7 heteroatoms. The number of carbonyl (C=O) groups is 1. The molecule has 0 radical (unpaired) electrons. The fourth-order valence-corrected chi connectivity index (χ4v) is 2.59. The molecule has 0 aliphatic rings. The van der Waals surface area contributed by atoms with Crippen LogP contribution in [0.2, 0.25) is 0 Å². The summed E-state index contributed by atoms with van der Waals surface area (Å²) in [4.78, 5) is 10.3. The van der Waals surface area contributed by atoms with Crippen molar-refractivity contribution in [3.05, 3.63) is 0 Å². The highest BCUT2D eigenvalue weighted by molar-refractivity contribution is 7.90. The maximum Gasteiger partial charge on any atom is 0.320 e. The van der Waals surface area contributed by atoms with E-state index in [2.05, 4.69) is 4.72 Å². The molecule has 0 aromatic heterocycles. The van der Waals surface area contributed by atoms with Crippen LogP contribution in [0.5, 0.6) is 0 Å². The molecule has 0 amide bonds. The lowest BCUT2D eigenvalue weighted by molar-refractivity contribution is -0.134. The molecule has 0 unspecified atom stereocenters. The van der Waals surface area contributed by atoms with Gasteiger partial charge in [0.25, 0.3) is 0 Å². The lowest BCUT2D eigenvalue weighted by atomic mass is 9.96. The summed E-state index contributed by atoms with van der Waals surface area (Å²) >= 11 is 0. The van der Waals surface area contributed by atoms with Gasteiger partial charge in [-0.1, -0.05) is 13.8 Å². The van der Waals surface area contributed by atoms with Gasteiger partial charge < -0.3 is 10.2 Å². The number of aliphatic carboxylic acids is 1. The zero-order chi connectivity index (χ0) is 12.1. The fraction of sp³-hybridized carbons (Fsp3) is 0.875. The Morgan fingerprint density at radius 2 is 1.80 bits per heavy atom. The zero-order valence-corrected chi connectivity index (χ0v) is 9.67. The van der Waals surface area contributed by atoms with Crippen LogP contribution in [0.4, 0.5) is 0 Å². The number of aliphatic hydroxyl groups is 1. The molecule has 0 aromatic rings. The topological polar surface area (TPSA) is 104 Å². The molecule has 90 valence electrons. The number of carboxylic acids is 1. The Hall–Kier alpha value is -0.660. The quantitative estimate of drug-likeness (QED) is 0.558. The molecule has 0 heterocycles. The second-order valence-electron chi connectivity index (χ2n) is 3.40. The van der Waals surface area contributed by atoms with Gasteiger partial charge in [-0.15, -0.1) is 0 Å². The van der Waals surface area contributed by atoms with Gasteiger partial charge in [-0.3, -0.25) is 4.79 Å². The molecular formula is C8H17NO5S. The van der Waals surface area contributed by atoms with Gasteiger partial charge in [0.15, 0.2) is 5.75 Å². The number of aliphatic hydroxyl groups excluding tert-OH is 1. The van der Waals surface area contributed by atoms with Crippen molar-refractivity contribution in [3.8, 4) is 0 Å². The van der Waals surface area contributed by atoms with E-state index in [-0.39, 0.29) is 6.61 Å². The van der Waals surface area contributed by atoms with E-state index in [1.54, 1.807) is 13.8 Å². The van der Waals surface area contributed by atoms with E-state index in [9.17, 15) is 13.2 Å². The number of hydrogen-bond acceptors (Lipinski definition) is 4. The van der Waals surface area contributed by atoms with Gasteiger partial charge in [0, 0.05) is 0 Å². The van der Waals surface area contributed by atoms with Gasteiger partial charge in [-0.05, 0) is 12.8 Å². The molecule has 6 nitrogen and oxygen atoms in total. The first-order chi connectivity index (χ1) is 6.81. The Morgan fingerprint density at radius 3 is 2.07 bits per heavy atom. The van der Waals surface area contributed by atoms with Gasteiger partial charge in [0.05, 0.1) is 12.1 Å². The van der Waals surface area contributed by atoms with Gasteiger partial charge in [0.2, 0.25) is 10.0 Å². The van der Waals surface area contributed by atoms with Crippen LogP contribution in [0.3, 0.4) is 0 Å². The lowest BCUT2D eigenvalue weighted by Crippen LogP contribution is -2.51. The average Bonchev–Trinajstić information content (AvgIpc) is 2.12. The standard InChI is InChI=1S/C8H17NO5S/c1-3-8(4-2,6-10)9-15(13,14)5-7(11)12/h9-10H,3-6H2,1-2H3,(H,11,12). The van der Waals surface area contributed by atoms with Gasteiger partial charge in [0.1, 0.15) is 0 Å². The Morgan fingerprint density at radius 1 is 1.33 bits per heavy atom. The first kappa shape index (κ1) is 14.3. The molecule has 0 saturated heterocycles. The van der Waals surface area contributed by atoms with E-state index in [1.165, 1.54) is 0 Å². The lowest BCUT2D eigenvalue weighted by Gasteiger charge is -2.29. The Balaban J connectivity index is 4.74. The molecule has 0 saturated carbocycles. The molecule has 3 N–H and O–H groups in total. The SMILES string of the molecule is CCC(CC)(CO)NS(=O)(=O)CC(=O)O. The van der Waals surface area contributed by atoms with Gasteiger partial charge >= 0.3 is 5.97 Å². The summed E-state index contributed by atoms with van der Waals surface area (Å²) in [7, 11) is -3.88. The number of rotatable bonds is 7. The molecule has 15 heavy (non-hydrogen) atoms. The van der Waals surface area contributed by atoms with Crippen LogP contribution in [0, 0.1) is 0 Å². The summed E-state index contributed by atoms with van der Waals surface area (Å²) in [6.45, 7) is 3.10. The smallest absolute Gasteiger partial charge is 0.320 e. The summed E-state index contributed by atoms with van der Waals surface area (Å²) in [5, 5.41) is 17.5. The predicted molar refractivity (Wildman–Crippen MR) is 55.0 cm³/mol. The molecule has 0 aliphatic carbocycles. The van der Waals surface area contributed by atoms with E-state index in [0.29, 0.717) is 12.8 Å². The minimum absolute atomic E-state index is 0.348. The third-order valence-corrected chi connectivity index (χ3v) is 3.71. The predicted octanol–water partition coefficient (Wildman–Crippen LogP) is -0.458. The van der Waals surface area contributed by atoms with Crippen LogP contribution in [-0.2, 0) is 14.8 Å². The number of sulfonamides is 1. The van der Waals surface area contributed by atoms with Crippen LogP contribution in [0.25, 0.3) is 0 Å². The number of carboxylic acid groups (broad SMARTS) is 1. The summed E-state index contributed by atoms with van der Waals surface area (Å²) in [6.07, 6.45) is 0.803. The van der Waals surface area contributed by atoms with E-state index < -0.39 is 27.3 Å². The van der Waals surface area contributed by atoms with E-state index in [1.807, 2.05) is 0 Å². The first-order valence-corrected chi connectivity index (χ1v) is 6.30. The average molecular weight is 239 g/mol. The van der Waals surface area contributed by atoms with Crippen molar-refractivity contribution >= 4 is 16.0 Å². The molecule has 0 bridgehead atoms. The van der Waals surface area contributed by atoms with E-state index in [0.717, 1.165) is 0 Å². The first-order valence-electron chi connectivity index (χ1n) is 4.65. The minimum atomic E-state index is -3.88. The van der Waals surface area contributed by atoms with E-state index >= 15 is 0 Å². The minimum Gasteiger partial charge on any atom is -0.480 e. The molecule has 0 aliphatic heterocycles. The summed E-state index contributed by atoms with van der Waals surface area (Å²) in [6, 6.07) is 0. The molecule has 0 fully saturated rings. The van der Waals surface area contributed by atoms with Crippen LogP contribution < -0.4 is 4.72 Å². The molecule has 0 spiro atoms. The van der Waals surface area contributed by atoms with Crippen molar-refractivity contribution in [2.24, 2.45) is 0 Å². The second kappa shape index (κ2) is 5.43. The third-order valence-electron chi connectivity index (χ3n) is 2.34. The van der Waals surface area contributed by atoms with Crippen molar-refractivity contribution < 1.29 is 23.4 Å². The van der Waals surface area contributed by atoms with Crippen molar-refractivity contribution in [2.75, 3.05) is 12.4 Å². The second-order valence-corrected chi connectivity index (χ2v) is 5.12. The van der Waals surface area contributed by atoms with Crippen LogP contribution in [0.15, 0.2) is 0 Å². The number of hydrogen-bond donors (Lipinski definition) is 3. The Kier molecular flexibility index (Phi) is 5.19. The normalized spacial score (nSPS) is 12.7. The van der Waals surface area contributed by atoms with Crippen molar-refractivity contribution in [1.82, 2.24) is 4.72 Å². The molecular weight excluding hydrogens is 222 g/mol. The highest BCUT2D eigenvalue weighted by Crippen LogP contribution is 2.15. The third kappa shape index (κ3) is 4.59. The number of nitrogens with one attached hydrogen (secondary N) is 1. The van der Waals surface area contributed by atoms with Crippen molar-refractivity contribution in [3.63, 3.8) is 0 Å². The van der Waals surface area contributed by atoms with Gasteiger partial charge in [-0.2, -0.15) is 0 Å². The summed E-state index contributed by atoms with van der Waals surface area (Å²) in [5.74, 6) is -2.39. The van der Waals surface area contributed by atoms with Crippen molar-refractivity contribution in [2.45, 2.75) is 32.2 Å². The van der Waals surface area contributed by atoms with Crippen LogP contribution >= 0.6 is 0 Å². The van der Waals surface area contributed by atoms with Crippen molar-refractivity contribution in [1.29, 1.82) is 0 Å². The Labute approximate surface area is 89.4 Å². The Bertz CT molecular complexity index is 299.